The molecular formula is C16H19ClN10O4. The van der Waals surface area contributed by atoms with Crippen LogP contribution >= 0.6 is 11.6 Å². The molecule has 4 aromatic heterocycles. The van der Waals surface area contributed by atoms with Gasteiger partial charge in [0.15, 0.2) is 29.2 Å². The van der Waals surface area contributed by atoms with E-state index in [1.807, 2.05) is 0 Å². The fraction of sp³-hybridized carbons (Fsp3) is 0.375. The zero-order valence-corrected chi connectivity index (χ0v) is 16.8. The first kappa shape index (κ1) is 21.1. The number of aromatic amines is 1. The third-order valence-electron chi connectivity index (χ3n) is 4.67. The Morgan fingerprint density at radius 3 is 2.71 bits per heavy atom. The fourth-order valence-corrected chi connectivity index (χ4v) is 3.32. The van der Waals surface area contributed by atoms with Crippen molar-refractivity contribution in [3.63, 3.8) is 0 Å². The lowest BCUT2D eigenvalue weighted by Gasteiger charge is -2.16. The summed E-state index contributed by atoms with van der Waals surface area (Å²) in [5.74, 6) is 0.849. The van der Waals surface area contributed by atoms with Gasteiger partial charge in [-0.15, -0.1) is 0 Å². The number of fused-ring (bicyclic) bond motifs is 2. The summed E-state index contributed by atoms with van der Waals surface area (Å²) in [7, 11) is 1.76. The second kappa shape index (κ2) is 8.52. The second-order valence-electron chi connectivity index (χ2n) is 6.50. The zero-order valence-electron chi connectivity index (χ0n) is 16.1. The number of nitrogen functional groups attached to an aromatic ring is 1. The molecule has 0 aromatic carbocycles. The number of hydrogen-bond donors (Lipinski definition) is 6. The number of imidazole rings is 2. The molecule has 0 bridgehead atoms. The molecule has 0 spiro atoms. The van der Waals surface area contributed by atoms with Crippen molar-refractivity contribution >= 4 is 45.6 Å². The molecule has 14 nitrogen and oxygen atoms in total. The van der Waals surface area contributed by atoms with Gasteiger partial charge < -0.3 is 36.1 Å². The van der Waals surface area contributed by atoms with Gasteiger partial charge >= 0.3 is 0 Å². The summed E-state index contributed by atoms with van der Waals surface area (Å²) in [5, 5.41) is 31.8. The molecule has 0 amide bonds. The van der Waals surface area contributed by atoms with Crippen molar-refractivity contribution in [2.24, 2.45) is 0 Å². The molecule has 5 rings (SSSR count). The Balaban J connectivity index is 0.000000166. The van der Waals surface area contributed by atoms with Crippen molar-refractivity contribution in [3.8, 4) is 0 Å². The van der Waals surface area contributed by atoms with Crippen molar-refractivity contribution in [1.29, 1.82) is 0 Å². The molecule has 7 N–H and O–H groups in total. The van der Waals surface area contributed by atoms with Crippen molar-refractivity contribution in [1.82, 2.24) is 39.5 Å². The van der Waals surface area contributed by atoms with Crippen LogP contribution in [0.1, 0.15) is 6.23 Å². The van der Waals surface area contributed by atoms with Crippen molar-refractivity contribution in [3.05, 3.63) is 24.3 Å². The van der Waals surface area contributed by atoms with E-state index in [1.165, 1.54) is 17.2 Å². The second-order valence-corrected chi connectivity index (χ2v) is 6.84. The Kier molecular flexibility index (Phi) is 5.79. The van der Waals surface area contributed by atoms with Crippen LogP contribution in [0.2, 0.25) is 5.28 Å². The third kappa shape index (κ3) is 3.82. The quantitative estimate of drug-likeness (QED) is 0.209. The van der Waals surface area contributed by atoms with Gasteiger partial charge in [-0.3, -0.25) is 4.57 Å². The maximum Gasteiger partial charge on any atom is 0.226 e. The number of aromatic nitrogens is 8. The lowest BCUT2D eigenvalue weighted by molar-refractivity contribution is -0.0511. The average molecular weight is 451 g/mol. The van der Waals surface area contributed by atoms with E-state index in [0.29, 0.717) is 28.1 Å². The molecule has 5 heterocycles. The summed E-state index contributed by atoms with van der Waals surface area (Å²) < 4.78 is 6.85. The Bertz CT molecular complexity index is 1200. The highest BCUT2D eigenvalue weighted by atomic mass is 35.5. The summed E-state index contributed by atoms with van der Waals surface area (Å²) in [6.45, 7) is -0.390. The Labute approximate surface area is 179 Å². The minimum absolute atomic E-state index is 0.205. The van der Waals surface area contributed by atoms with E-state index in [-0.39, 0.29) is 11.1 Å². The summed E-state index contributed by atoms with van der Waals surface area (Å²) in [4.78, 5) is 26.7. The lowest BCUT2D eigenvalue weighted by Crippen LogP contribution is -2.33. The minimum atomic E-state index is -1.19. The number of ether oxygens (including phenoxy) is 1. The van der Waals surface area contributed by atoms with E-state index in [4.69, 9.17) is 27.2 Å². The highest BCUT2D eigenvalue weighted by Crippen LogP contribution is 2.31. The highest BCUT2D eigenvalue weighted by Gasteiger charge is 2.43. The number of anilines is 2. The van der Waals surface area contributed by atoms with Crippen LogP contribution in [0.4, 0.5) is 11.6 Å². The van der Waals surface area contributed by atoms with E-state index in [9.17, 15) is 10.2 Å². The van der Waals surface area contributed by atoms with Crippen LogP contribution in [0.25, 0.3) is 22.3 Å². The van der Waals surface area contributed by atoms with E-state index >= 15 is 0 Å². The number of aliphatic hydroxyl groups excluding tert-OH is 3. The SMILES string of the molecule is CNc1nc(Cl)nc2[nH]cnc12.Nc1ncnc2c1ncn2[C@@H]1O[C@H](CO)[C@@H](O)[C@@H]1O. The molecular weight excluding hydrogens is 432 g/mol. The van der Waals surface area contributed by atoms with Crippen LogP contribution in [0.15, 0.2) is 19.0 Å². The minimum Gasteiger partial charge on any atom is -0.394 e. The maximum absolute atomic E-state index is 9.95. The van der Waals surface area contributed by atoms with Gasteiger partial charge in [-0.25, -0.2) is 19.9 Å². The first-order chi connectivity index (χ1) is 14.9. The number of nitrogens with two attached hydrogens (primary N) is 1. The van der Waals surface area contributed by atoms with Gasteiger partial charge in [0.25, 0.3) is 0 Å². The predicted molar refractivity (Wildman–Crippen MR) is 109 cm³/mol. The smallest absolute Gasteiger partial charge is 0.226 e. The molecule has 4 aromatic rings. The number of nitrogens with one attached hydrogen (secondary N) is 2. The molecule has 31 heavy (non-hydrogen) atoms. The number of hydrogen-bond acceptors (Lipinski definition) is 12. The predicted octanol–water partition coefficient (Wildman–Crippen LogP) is -0.932. The average Bonchev–Trinajstić information content (AvgIpc) is 3.47. The van der Waals surface area contributed by atoms with E-state index in [1.54, 1.807) is 13.4 Å². The molecule has 15 heteroatoms. The van der Waals surface area contributed by atoms with Gasteiger partial charge in [0.05, 0.1) is 19.3 Å². The molecule has 0 radical (unpaired) electrons. The summed E-state index contributed by atoms with van der Waals surface area (Å²) in [6, 6.07) is 0. The van der Waals surface area contributed by atoms with E-state index < -0.39 is 31.1 Å². The molecule has 0 aliphatic carbocycles. The van der Waals surface area contributed by atoms with Crippen molar-refractivity contribution in [2.75, 3.05) is 24.7 Å². The topological polar surface area (TPSA) is 206 Å². The first-order valence-electron chi connectivity index (χ1n) is 9.04. The first-order valence-corrected chi connectivity index (χ1v) is 9.42. The molecule has 1 aliphatic rings. The number of H-pyrrole nitrogens is 1. The fourth-order valence-electron chi connectivity index (χ4n) is 3.15. The summed E-state index contributed by atoms with van der Waals surface area (Å²) in [6.07, 6.45) is 0.129. The lowest BCUT2D eigenvalue weighted by atomic mass is 10.1. The van der Waals surface area contributed by atoms with Crippen LogP contribution in [-0.4, -0.2) is 86.7 Å². The largest absolute Gasteiger partial charge is 0.394 e. The Morgan fingerprint density at radius 2 is 2.00 bits per heavy atom. The Morgan fingerprint density at radius 1 is 1.19 bits per heavy atom. The molecule has 4 atom stereocenters. The van der Waals surface area contributed by atoms with Crippen LogP contribution in [0, 0.1) is 0 Å². The number of nitrogens with zero attached hydrogens (tertiary/aromatic N) is 7. The van der Waals surface area contributed by atoms with Crippen LogP contribution in [0.3, 0.4) is 0 Å². The van der Waals surface area contributed by atoms with Gasteiger partial charge in [0, 0.05) is 7.05 Å². The number of aliphatic hydroxyl groups is 3. The van der Waals surface area contributed by atoms with Crippen LogP contribution in [0.5, 0.6) is 0 Å². The maximum atomic E-state index is 9.95. The number of rotatable bonds is 3. The number of halogens is 1. The van der Waals surface area contributed by atoms with Crippen molar-refractivity contribution in [2.45, 2.75) is 24.5 Å². The zero-order chi connectivity index (χ0) is 22.1. The third-order valence-corrected chi connectivity index (χ3v) is 4.84. The van der Waals surface area contributed by atoms with Crippen LogP contribution in [-0.2, 0) is 4.74 Å². The molecule has 164 valence electrons. The van der Waals surface area contributed by atoms with Gasteiger partial charge in [0.2, 0.25) is 5.28 Å². The normalized spacial score (nSPS) is 23.1. The molecule has 1 saturated heterocycles. The van der Waals surface area contributed by atoms with Crippen LogP contribution < -0.4 is 11.1 Å². The monoisotopic (exact) mass is 450 g/mol. The van der Waals surface area contributed by atoms with Gasteiger partial charge in [0.1, 0.15) is 35.7 Å². The van der Waals surface area contributed by atoms with Gasteiger partial charge in [-0.1, -0.05) is 0 Å². The molecule has 1 fully saturated rings. The van der Waals surface area contributed by atoms with Gasteiger partial charge in [-0.05, 0) is 11.6 Å². The van der Waals surface area contributed by atoms with E-state index in [2.05, 4.69) is 40.2 Å². The standard InChI is InChI=1S/C10H13N5O4.C6H6ClN5/c11-8-5-9(13-2-12-8)15(3-14-5)10-7(18)6(17)4(1-16)19-10;1-8-4-3-5(10-2-9-3)12-6(7)11-4/h2-4,6-7,10,16-18H,1H2,(H2,11,12,13);2H,1H3,(H2,8,9,10,11,12)/t4-,6-,7+,10-;/m1./s1. The molecule has 0 unspecified atom stereocenters. The summed E-state index contributed by atoms with van der Waals surface area (Å²) >= 11 is 5.65. The van der Waals surface area contributed by atoms with Crippen molar-refractivity contribution < 1.29 is 20.1 Å². The molecule has 0 saturated carbocycles. The van der Waals surface area contributed by atoms with Gasteiger partial charge in [-0.2, -0.15) is 9.97 Å². The summed E-state index contributed by atoms with van der Waals surface area (Å²) in [5.41, 5.74) is 7.78. The molecule has 1 aliphatic heterocycles. The van der Waals surface area contributed by atoms with E-state index in [0.717, 1.165) is 0 Å². The highest BCUT2D eigenvalue weighted by molar-refractivity contribution is 6.28. The Hall–Kier alpha value is -3.17.